The molecule has 2 aromatic heterocycles. The van der Waals surface area contributed by atoms with Crippen molar-refractivity contribution in [2.45, 2.75) is 17.9 Å². The van der Waals surface area contributed by atoms with E-state index in [0.717, 1.165) is 12.8 Å². The molecular weight excluding hydrogens is 410 g/mol. The van der Waals surface area contributed by atoms with Gasteiger partial charge >= 0.3 is 147 Å². The van der Waals surface area contributed by atoms with Crippen LogP contribution < -0.4 is 9.78 Å². The fraction of sp³-hybridized carbons (Fsp3) is 0.333. The fourth-order valence-corrected chi connectivity index (χ4v) is 3.69. The molecule has 0 atom stereocenters. The van der Waals surface area contributed by atoms with Crippen LogP contribution in [-0.4, -0.2) is 42.1 Å². The van der Waals surface area contributed by atoms with Crippen molar-refractivity contribution in [2.75, 3.05) is 6.54 Å². The predicted octanol–water partition coefficient (Wildman–Crippen LogP) is 1.71. The summed E-state index contributed by atoms with van der Waals surface area (Å²) in [5.41, 5.74) is 0.340. The van der Waals surface area contributed by atoms with Crippen LogP contribution in [0.2, 0.25) is 5.15 Å². The molecule has 0 bridgehead atoms. The molecule has 9 heteroatoms. The standard InChI is InChI=1S/C15H11ClF3N3OSe/c16-12-5-1-4-11-13(24-15(17,18)19)10(21-22(11)12)3-2-8-20-14(23)9-6-7-9/h1,4-5,9H,6-8H2,(H,20,23). The SMILES string of the molecule is O=C(NCC#Cc1nn2c(Cl)cccc2c1[Se]C(F)(F)F)C1CC1. The van der Waals surface area contributed by atoms with Gasteiger partial charge in [-0.2, -0.15) is 0 Å². The fourth-order valence-electron chi connectivity index (χ4n) is 2.06. The van der Waals surface area contributed by atoms with Gasteiger partial charge in [0.1, 0.15) is 0 Å². The van der Waals surface area contributed by atoms with Crippen molar-refractivity contribution >= 4 is 42.4 Å². The van der Waals surface area contributed by atoms with Gasteiger partial charge in [-0.15, -0.1) is 0 Å². The molecule has 0 saturated heterocycles. The van der Waals surface area contributed by atoms with Gasteiger partial charge in [0.05, 0.1) is 0 Å². The van der Waals surface area contributed by atoms with E-state index in [4.69, 9.17) is 11.6 Å². The number of alkyl halides is 3. The summed E-state index contributed by atoms with van der Waals surface area (Å²) in [6.07, 6.45) is 1.75. The third-order valence-corrected chi connectivity index (χ3v) is 5.33. The number of pyridine rings is 1. The Morgan fingerprint density at radius 3 is 2.88 bits per heavy atom. The summed E-state index contributed by atoms with van der Waals surface area (Å²) in [6, 6.07) is 4.64. The van der Waals surface area contributed by atoms with Crippen molar-refractivity contribution in [1.82, 2.24) is 14.9 Å². The van der Waals surface area contributed by atoms with E-state index in [1.807, 2.05) is 0 Å². The van der Waals surface area contributed by atoms with E-state index in [1.165, 1.54) is 10.6 Å². The number of hydrogen-bond acceptors (Lipinski definition) is 2. The summed E-state index contributed by atoms with van der Waals surface area (Å²) in [7, 11) is 0. The molecule has 2 heterocycles. The zero-order valence-corrected chi connectivity index (χ0v) is 14.6. The second kappa shape index (κ2) is 6.67. The quantitative estimate of drug-likeness (QED) is 0.467. The first-order valence-electron chi connectivity index (χ1n) is 7.05. The Morgan fingerprint density at radius 2 is 2.21 bits per heavy atom. The van der Waals surface area contributed by atoms with Gasteiger partial charge in [-0.05, 0) is 0 Å². The van der Waals surface area contributed by atoms with Gasteiger partial charge in [-0.25, -0.2) is 0 Å². The van der Waals surface area contributed by atoms with E-state index in [2.05, 4.69) is 22.3 Å². The normalized spacial score (nSPS) is 14.3. The zero-order valence-electron chi connectivity index (χ0n) is 12.2. The molecule has 1 N–H and O–H groups in total. The number of rotatable bonds is 3. The molecule has 0 aliphatic heterocycles. The van der Waals surface area contributed by atoms with E-state index < -0.39 is 20.0 Å². The van der Waals surface area contributed by atoms with Crippen LogP contribution in [0.1, 0.15) is 18.5 Å². The molecule has 0 radical (unpaired) electrons. The van der Waals surface area contributed by atoms with Crippen LogP contribution >= 0.6 is 11.6 Å². The predicted molar refractivity (Wildman–Crippen MR) is 84.3 cm³/mol. The van der Waals surface area contributed by atoms with Crippen LogP contribution in [-0.2, 0) is 4.79 Å². The monoisotopic (exact) mass is 421 g/mol. The Hall–Kier alpha value is -1.68. The van der Waals surface area contributed by atoms with Crippen LogP contribution in [0.3, 0.4) is 0 Å². The van der Waals surface area contributed by atoms with Gasteiger partial charge in [-0.1, -0.05) is 0 Å². The van der Waals surface area contributed by atoms with E-state index in [9.17, 15) is 18.0 Å². The molecule has 1 fully saturated rings. The molecule has 3 rings (SSSR count). The summed E-state index contributed by atoms with van der Waals surface area (Å²) in [6.45, 7) is 0.0788. The van der Waals surface area contributed by atoms with Crippen molar-refractivity contribution in [2.24, 2.45) is 5.92 Å². The van der Waals surface area contributed by atoms with Crippen molar-refractivity contribution in [3.63, 3.8) is 0 Å². The van der Waals surface area contributed by atoms with Crippen LogP contribution in [0.5, 0.6) is 0 Å². The number of fused-ring (bicyclic) bond motifs is 1. The van der Waals surface area contributed by atoms with Gasteiger partial charge in [0.25, 0.3) is 0 Å². The van der Waals surface area contributed by atoms with Gasteiger partial charge in [0.15, 0.2) is 0 Å². The molecule has 126 valence electrons. The molecule has 0 unspecified atom stereocenters. The number of amides is 1. The minimum absolute atomic E-state index is 0.0403. The number of aromatic nitrogens is 2. The average Bonchev–Trinajstić information content (AvgIpc) is 3.28. The molecule has 0 aromatic carbocycles. The van der Waals surface area contributed by atoms with Crippen molar-refractivity contribution < 1.29 is 18.0 Å². The van der Waals surface area contributed by atoms with Gasteiger partial charge < -0.3 is 0 Å². The number of nitrogens with one attached hydrogen (secondary N) is 1. The maximum atomic E-state index is 12.9. The molecule has 1 aliphatic rings. The molecule has 4 nitrogen and oxygen atoms in total. The number of carbonyl (C=O) groups is 1. The Bertz CT molecular complexity index is 849. The van der Waals surface area contributed by atoms with Crippen molar-refractivity contribution in [3.8, 4) is 11.8 Å². The van der Waals surface area contributed by atoms with Gasteiger partial charge in [-0.3, -0.25) is 0 Å². The molecule has 24 heavy (non-hydrogen) atoms. The van der Waals surface area contributed by atoms with Crippen LogP contribution in [0, 0.1) is 17.8 Å². The van der Waals surface area contributed by atoms with Gasteiger partial charge in [0.2, 0.25) is 0 Å². The number of hydrogen-bond donors (Lipinski definition) is 1. The van der Waals surface area contributed by atoms with E-state index >= 15 is 0 Å². The maximum absolute atomic E-state index is 12.9. The zero-order chi connectivity index (χ0) is 17.3. The van der Waals surface area contributed by atoms with Crippen molar-refractivity contribution in [3.05, 3.63) is 29.0 Å². The third-order valence-electron chi connectivity index (χ3n) is 3.29. The second-order valence-electron chi connectivity index (χ2n) is 5.16. The summed E-state index contributed by atoms with van der Waals surface area (Å²) in [5.74, 6) is 5.28. The van der Waals surface area contributed by atoms with Gasteiger partial charge in [0, 0.05) is 0 Å². The molecular formula is C15H11ClF3N3OSe. The summed E-state index contributed by atoms with van der Waals surface area (Å²) >= 11 is 4.19. The van der Waals surface area contributed by atoms with Crippen molar-refractivity contribution in [1.29, 1.82) is 0 Å². The number of carbonyl (C=O) groups excluding carboxylic acids is 1. The Labute approximate surface area is 146 Å². The van der Waals surface area contributed by atoms with E-state index in [1.54, 1.807) is 12.1 Å². The average molecular weight is 421 g/mol. The first-order chi connectivity index (χ1) is 11.3. The molecule has 0 spiro atoms. The van der Waals surface area contributed by atoms with Crippen LogP contribution in [0.4, 0.5) is 13.2 Å². The first kappa shape index (κ1) is 17.2. The molecule has 2 aromatic rings. The van der Waals surface area contributed by atoms with Crippen LogP contribution in [0.15, 0.2) is 18.2 Å². The Balaban J connectivity index is 1.87. The third kappa shape index (κ3) is 4.04. The Morgan fingerprint density at radius 1 is 1.46 bits per heavy atom. The molecule has 1 saturated carbocycles. The molecule has 1 amide bonds. The summed E-state index contributed by atoms with van der Waals surface area (Å²) in [5, 5.41) is 2.60. The summed E-state index contributed by atoms with van der Waals surface area (Å²) < 4.78 is 39.9. The first-order valence-corrected chi connectivity index (χ1v) is 9.14. The number of halogens is 4. The topological polar surface area (TPSA) is 46.4 Å². The van der Waals surface area contributed by atoms with E-state index in [0.29, 0.717) is 5.52 Å². The minimum atomic E-state index is -4.32. The summed E-state index contributed by atoms with van der Waals surface area (Å²) in [4.78, 5) is 11.5. The Kier molecular flexibility index (Phi) is 4.77. The van der Waals surface area contributed by atoms with E-state index in [-0.39, 0.29) is 33.7 Å². The molecule has 1 aliphatic carbocycles. The van der Waals surface area contributed by atoms with Crippen LogP contribution in [0.25, 0.3) is 5.52 Å². The second-order valence-corrected chi connectivity index (χ2v) is 7.81. The number of nitrogens with zero attached hydrogens (tertiary/aromatic N) is 2.